The highest BCUT2D eigenvalue weighted by Crippen LogP contribution is 2.33. The third-order valence-corrected chi connectivity index (χ3v) is 8.83. The van der Waals surface area contributed by atoms with Crippen LogP contribution in [0.5, 0.6) is 0 Å². The Morgan fingerprint density at radius 3 is 2.26 bits per heavy atom. The van der Waals surface area contributed by atoms with E-state index in [2.05, 4.69) is 5.32 Å². The second-order valence-corrected chi connectivity index (χ2v) is 11.3. The van der Waals surface area contributed by atoms with Crippen LogP contribution in [0.25, 0.3) is 0 Å². The molecule has 0 aromatic heterocycles. The molecule has 1 saturated carbocycles. The molecule has 0 bridgehead atoms. The van der Waals surface area contributed by atoms with E-state index >= 15 is 0 Å². The normalized spacial score (nSPS) is 14.8. The van der Waals surface area contributed by atoms with Gasteiger partial charge in [0.25, 0.3) is 0 Å². The number of nitrogens with zero attached hydrogens (tertiary/aromatic N) is 1. The lowest BCUT2D eigenvalue weighted by Crippen LogP contribution is -2.45. The fourth-order valence-electron chi connectivity index (χ4n) is 4.13. The molecule has 3 aromatic rings. The summed E-state index contributed by atoms with van der Waals surface area (Å²) in [7, 11) is -3.96. The Morgan fingerprint density at radius 2 is 1.56 bits per heavy atom. The molecule has 4 rings (SSSR count). The number of carbonyl (C=O) groups excluding carboxylic acids is 1. The maximum Gasteiger partial charge on any atom is 0.243 e. The van der Waals surface area contributed by atoms with Gasteiger partial charge in [-0.3, -0.25) is 4.79 Å². The number of nitrogens with one attached hydrogen (secondary N) is 1. The summed E-state index contributed by atoms with van der Waals surface area (Å²) in [6.07, 6.45) is 4.29. The Morgan fingerprint density at radius 1 is 0.912 bits per heavy atom. The van der Waals surface area contributed by atoms with Crippen molar-refractivity contribution in [1.29, 1.82) is 0 Å². The molecule has 1 amide bonds. The van der Waals surface area contributed by atoms with Crippen LogP contribution in [-0.4, -0.2) is 31.2 Å². The molecule has 3 aromatic carbocycles. The van der Waals surface area contributed by atoms with Crippen molar-refractivity contribution in [3.8, 4) is 0 Å². The minimum atomic E-state index is -3.96. The largest absolute Gasteiger partial charge is 0.324 e. The summed E-state index contributed by atoms with van der Waals surface area (Å²) in [6, 6.07) is 21.8. The highest BCUT2D eigenvalue weighted by Gasteiger charge is 2.34. The molecule has 0 spiro atoms. The average molecular weight is 499 g/mol. The fourth-order valence-corrected chi connectivity index (χ4v) is 6.69. The van der Waals surface area contributed by atoms with Gasteiger partial charge < -0.3 is 5.32 Å². The number of hydrogen-bond acceptors (Lipinski definition) is 4. The SMILES string of the molecule is O=C(CN(C1CCCCC1)S(=O)(=O)c1ccc(F)cc1)Nc1ccccc1Sc1ccccc1. The monoisotopic (exact) mass is 498 g/mol. The molecular weight excluding hydrogens is 471 g/mol. The lowest BCUT2D eigenvalue weighted by molar-refractivity contribution is -0.116. The number of amides is 1. The average Bonchev–Trinajstić information content (AvgIpc) is 2.85. The highest BCUT2D eigenvalue weighted by atomic mass is 32.2. The Labute approximate surface area is 204 Å². The van der Waals surface area contributed by atoms with Crippen molar-refractivity contribution < 1.29 is 17.6 Å². The smallest absolute Gasteiger partial charge is 0.243 e. The lowest BCUT2D eigenvalue weighted by Gasteiger charge is -2.33. The predicted molar refractivity (Wildman–Crippen MR) is 133 cm³/mol. The minimum Gasteiger partial charge on any atom is -0.324 e. The van der Waals surface area contributed by atoms with Crippen molar-refractivity contribution in [1.82, 2.24) is 4.31 Å². The number of rotatable bonds is 8. The number of sulfonamides is 1. The Balaban J connectivity index is 1.55. The maximum atomic E-state index is 13.5. The second-order valence-electron chi connectivity index (χ2n) is 8.26. The fraction of sp³-hybridized carbons (Fsp3) is 0.269. The van der Waals surface area contributed by atoms with Crippen LogP contribution in [0.1, 0.15) is 32.1 Å². The van der Waals surface area contributed by atoms with Crippen LogP contribution in [0.15, 0.2) is 93.5 Å². The first-order valence-electron chi connectivity index (χ1n) is 11.3. The van der Waals surface area contributed by atoms with Gasteiger partial charge in [-0.05, 0) is 61.4 Å². The minimum absolute atomic E-state index is 0.00712. The molecule has 0 heterocycles. The van der Waals surface area contributed by atoms with Crippen LogP contribution in [0.2, 0.25) is 0 Å². The first kappa shape index (κ1) is 24.4. The van der Waals surface area contributed by atoms with Crippen molar-refractivity contribution in [2.75, 3.05) is 11.9 Å². The summed E-state index contributed by atoms with van der Waals surface area (Å²) in [5, 5.41) is 2.91. The molecule has 0 saturated heterocycles. The third-order valence-electron chi connectivity index (χ3n) is 5.83. The molecule has 34 heavy (non-hydrogen) atoms. The quantitative estimate of drug-likeness (QED) is 0.417. The summed E-state index contributed by atoms with van der Waals surface area (Å²) in [5.74, 6) is -0.911. The number of carbonyl (C=O) groups is 1. The molecule has 1 aliphatic carbocycles. The molecule has 1 aliphatic rings. The number of hydrogen-bond donors (Lipinski definition) is 1. The zero-order valence-corrected chi connectivity index (χ0v) is 20.3. The Bertz CT molecular complexity index is 1210. The van der Waals surface area contributed by atoms with Crippen molar-refractivity contribution in [3.05, 3.63) is 84.7 Å². The van der Waals surface area contributed by atoms with E-state index in [9.17, 15) is 17.6 Å². The van der Waals surface area contributed by atoms with Crippen LogP contribution < -0.4 is 5.32 Å². The topological polar surface area (TPSA) is 66.5 Å². The molecule has 8 heteroatoms. The molecular formula is C26H27FN2O3S2. The van der Waals surface area contributed by atoms with Gasteiger partial charge in [-0.15, -0.1) is 0 Å². The number of benzene rings is 3. The summed E-state index contributed by atoms with van der Waals surface area (Å²) in [4.78, 5) is 15.0. The van der Waals surface area contributed by atoms with Crippen LogP contribution in [-0.2, 0) is 14.8 Å². The van der Waals surface area contributed by atoms with Crippen LogP contribution >= 0.6 is 11.8 Å². The van der Waals surface area contributed by atoms with Crippen molar-refractivity contribution in [2.24, 2.45) is 0 Å². The van der Waals surface area contributed by atoms with E-state index in [1.54, 1.807) is 0 Å². The molecule has 0 radical (unpaired) electrons. The van der Waals surface area contributed by atoms with Gasteiger partial charge in [-0.2, -0.15) is 4.31 Å². The molecule has 1 fully saturated rings. The summed E-state index contributed by atoms with van der Waals surface area (Å²) in [5.41, 5.74) is 0.629. The first-order chi connectivity index (χ1) is 16.4. The van der Waals surface area contributed by atoms with Gasteiger partial charge in [0.2, 0.25) is 15.9 Å². The predicted octanol–water partition coefficient (Wildman–Crippen LogP) is 5.94. The number of halogens is 1. The van der Waals surface area contributed by atoms with Crippen molar-refractivity contribution in [2.45, 2.75) is 52.8 Å². The summed E-state index contributed by atoms with van der Waals surface area (Å²) < 4.78 is 41.6. The van der Waals surface area contributed by atoms with E-state index in [1.807, 2.05) is 54.6 Å². The van der Waals surface area contributed by atoms with E-state index in [-0.39, 0.29) is 17.5 Å². The van der Waals surface area contributed by atoms with Gasteiger partial charge in [0.1, 0.15) is 5.82 Å². The van der Waals surface area contributed by atoms with Crippen molar-refractivity contribution >= 4 is 33.4 Å². The van der Waals surface area contributed by atoms with Gasteiger partial charge in [-0.25, -0.2) is 12.8 Å². The van der Waals surface area contributed by atoms with E-state index in [0.717, 1.165) is 41.2 Å². The van der Waals surface area contributed by atoms with Gasteiger partial charge in [-0.1, -0.05) is 61.4 Å². The van der Waals surface area contributed by atoms with Crippen molar-refractivity contribution in [3.63, 3.8) is 0 Å². The summed E-state index contributed by atoms with van der Waals surface area (Å²) in [6.45, 7) is -0.297. The van der Waals surface area contributed by atoms with E-state index in [4.69, 9.17) is 0 Å². The molecule has 0 atom stereocenters. The molecule has 1 N–H and O–H groups in total. The first-order valence-corrected chi connectivity index (χ1v) is 13.6. The highest BCUT2D eigenvalue weighted by molar-refractivity contribution is 7.99. The van der Waals surface area contributed by atoms with E-state index in [0.29, 0.717) is 18.5 Å². The zero-order chi connectivity index (χ0) is 24.0. The van der Waals surface area contributed by atoms with E-state index < -0.39 is 21.7 Å². The Kier molecular flexibility index (Phi) is 8.03. The van der Waals surface area contributed by atoms with E-state index in [1.165, 1.54) is 28.2 Å². The second kappa shape index (κ2) is 11.2. The number of anilines is 1. The molecule has 0 aliphatic heterocycles. The molecule has 5 nitrogen and oxygen atoms in total. The standard InChI is InChI=1S/C26H27FN2O3S2/c27-20-15-17-23(18-16-20)34(31,32)29(21-9-3-1-4-10-21)19-26(30)28-24-13-7-8-14-25(24)33-22-11-5-2-6-12-22/h2,5-8,11-18,21H,1,3-4,9-10,19H2,(H,28,30). The van der Waals surface area contributed by atoms with Crippen LogP contribution in [0.3, 0.4) is 0 Å². The third kappa shape index (κ3) is 6.05. The van der Waals surface area contributed by atoms with Gasteiger partial charge in [0, 0.05) is 15.8 Å². The maximum absolute atomic E-state index is 13.5. The van der Waals surface area contributed by atoms with Gasteiger partial charge in [0.05, 0.1) is 17.1 Å². The number of para-hydroxylation sites is 1. The Hall–Kier alpha value is -2.68. The van der Waals surface area contributed by atoms with Gasteiger partial charge >= 0.3 is 0 Å². The summed E-state index contributed by atoms with van der Waals surface area (Å²) >= 11 is 1.52. The zero-order valence-electron chi connectivity index (χ0n) is 18.7. The van der Waals surface area contributed by atoms with Gasteiger partial charge in [0.15, 0.2) is 0 Å². The van der Waals surface area contributed by atoms with Crippen LogP contribution in [0, 0.1) is 5.82 Å². The molecule has 178 valence electrons. The molecule has 0 unspecified atom stereocenters. The lowest BCUT2D eigenvalue weighted by atomic mass is 9.95. The van der Waals surface area contributed by atoms with Crippen LogP contribution in [0.4, 0.5) is 10.1 Å².